The summed E-state index contributed by atoms with van der Waals surface area (Å²) in [5, 5.41) is 2.89. The highest BCUT2D eigenvalue weighted by Crippen LogP contribution is 2.32. The van der Waals surface area contributed by atoms with Gasteiger partial charge in [0.1, 0.15) is 16.7 Å². The van der Waals surface area contributed by atoms with Crippen molar-refractivity contribution in [1.82, 2.24) is 14.3 Å². The third kappa shape index (κ3) is 3.10. The first-order chi connectivity index (χ1) is 11.3. The molecule has 0 radical (unpaired) electrons. The molecule has 8 nitrogen and oxygen atoms in total. The second kappa shape index (κ2) is 6.08. The zero-order chi connectivity index (χ0) is 17.5. The van der Waals surface area contributed by atoms with E-state index < -0.39 is 22.0 Å². The van der Waals surface area contributed by atoms with Gasteiger partial charge < -0.3 is 14.6 Å². The first kappa shape index (κ1) is 16.7. The number of halogens is 1. The second-order valence-corrected chi connectivity index (χ2v) is 7.51. The zero-order valence-electron chi connectivity index (χ0n) is 12.9. The van der Waals surface area contributed by atoms with Crippen LogP contribution in [0.2, 0.25) is 5.15 Å². The van der Waals surface area contributed by atoms with E-state index in [1.807, 2.05) is 0 Å². The van der Waals surface area contributed by atoms with Gasteiger partial charge in [0, 0.05) is 25.1 Å². The number of fused-ring (bicyclic) bond motifs is 1. The number of sulfonamides is 1. The van der Waals surface area contributed by atoms with E-state index in [0.29, 0.717) is 5.69 Å². The van der Waals surface area contributed by atoms with E-state index in [1.54, 1.807) is 20.0 Å². The molecule has 0 aromatic carbocycles. The maximum atomic E-state index is 12.6. The van der Waals surface area contributed by atoms with Gasteiger partial charge in [-0.25, -0.2) is 18.1 Å². The normalized spacial score (nSPS) is 19.0. The van der Waals surface area contributed by atoms with Crippen LogP contribution in [-0.2, 0) is 17.1 Å². The Hall–Kier alpha value is -2.10. The third-order valence-corrected chi connectivity index (χ3v) is 5.21. The predicted octanol–water partition coefficient (Wildman–Crippen LogP) is 1.39. The van der Waals surface area contributed by atoms with Gasteiger partial charge in [0.05, 0.1) is 6.04 Å². The molecule has 1 aliphatic rings. The van der Waals surface area contributed by atoms with Crippen molar-refractivity contribution in [3.05, 3.63) is 35.4 Å². The number of aromatic nitrogens is 2. The number of carbonyl (C=O) groups excluding carboxylic acids is 1. The molecule has 1 aliphatic heterocycles. The first-order valence-electron chi connectivity index (χ1n) is 7.05. The summed E-state index contributed by atoms with van der Waals surface area (Å²) in [5.74, 6) is -0.474. The number of hydrogen-bond acceptors (Lipinski definition) is 5. The Morgan fingerprint density at radius 2 is 2.29 bits per heavy atom. The van der Waals surface area contributed by atoms with Crippen LogP contribution >= 0.6 is 11.6 Å². The number of hydrogen-bond donors (Lipinski definition) is 2. The van der Waals surface area contributed by atoms with E-state index in [9.17, 15) is 13.2 Å². The lowest BCUT2D eigenvalue weighted by Crippen LogP contribution is -2.34. The number of rotatable bonds is 2. The lowest BCUT2D eigenvalue weighted by Gasteiger charge is -2.11. The van der Waals surface area contributed by atoms with Crippen molar-refractivity contribution >= 4 is 33.2 Å². The van der Waals surface area contributed by atoms with E-state index in [1.165, 1.54) is 23.0 Å². The number of nitrogens with zero attached hydrogens (tertiary/aromatic N) is 2. The minimum atomic E-state index is -3.75. The number of nitrogens with one attached hydrogen (secondary N) is 2. The van der Waals surface area contributed by atoms with Gasteiger partial charge >= 0.3 is 0 Å². The number of aryl methyl sites for hydroxylation is 1. The highest BCUT2D eigenvalue weighted by molar-refractivity contribution is 7.89. The molecule has 128 valence electrons. The molecule has 3 rings (SSSR count). The van der Waals surface area contributed by atoms with E-state index >= 15 is 0 Å². The molecule has 0 spiro atoms. The summed E-state index contributed by atoms with van der Waals surface area (Å²) in [4.78, 5) is 16.4. The molecule has 10 heteroatoms. The summed E-state index contributed by atoms with van der Waals surface area (Å²) in [7, 11) is -2.17. The van der Waals surface area contributed by atoms with Crippen LogP contribution in [0.25, 0.3) is 0 Å². The number of amides is 1. The van der Waals surface area contributed by atoms with Crippen molar-refractivity contribution in [2.45, 2.75) is 17.9 Å². The van der Waals surface area contributed by atoms with E-state index in [2.05, 4.69) is 15.0 Å². The van der Waals surface area contributed by atoms with Gasteiger partial charge in [0.25, 0.3) is 5.91 Å². The van der Waals surface area contributed by atoms with Crippen LogP contribution in [0.15, 0.2) is 29.4 Å². The van der Waals surface area contributed by atoms with Crippen LogP contribution in [0.1, 0.15) is 17.4 Å². The molecule has 2 N–H and O–H groups in total. The van der Waals surface area contributed by atoms with Gasteiger partial charge in [-0.15, -0.1) is 0 Å². The number of anilines is 1. The van der Waals surface area contributed by atoms with Gasteiger partial charge in [-0.3, -0.25) is 4.79 Å². The molecule has 3 heterocycles. The average molecular weight is 371 g/mol. The molecule has 2 aromatic heterocycles. The molecule has 2 aromatic rings. The molecule has 0 saturated carbocycles. The Morgan fingerprint density at radius 3 is 3.00 bits per heavy atom. The summed E-state index contributed by atoms with van der Waals surface area (Å²) in [6.07, 6.45) is 2.81. The van der Waals surface area contributed by atoms with Crippen LogP contribution in [0, 0.1) is 0 Å². The number of pyridine rings is 1. The molecule has 24 heavy (non-hydrogen) atoms. The van der Waals surface area contributed by atoms with Crippen molar-refractivity contribution in [2.24, 2.45) is 7.05 Å². The Labute approximate surface area is 143 Å². The fraction of sp³-hybridized carbons (Fsp3) is 0.286. The summed E-state index contributed by atoms with van der Waals surface area (Å²) < 4.78 is 34.1. The van der Waals surface area contributed by atoms with Crippen molar-refractivity contribution in [3.63, 3.8) is 0 Å². The largest absolute Gasteiger partial charge is 0.488 e. The summed E-state index contributed by atoms with van der Waals surface area (Å²) in [5.41, 5.74) is 0.551. The van der Waals surface area contributed by atoms with Crippen molar-refractivity contribution in [3.8, 4) is 5.75 Å². The van der Waals surface area contributed by atoms with Crippen LogP contribution < -0.4 is 14.8 Å². The molecular weight excluding hydrogens is 356 g/mol. The summed E-state index contributed by atoms with van der Waals surface area (Å²) in [6.45, 7) is 1.81. The maximum Gasteiger partial charge on any atom is 0.276 e. The summed E-state index contributed by atoms with van der Waals surface area (Å²) >= 11 is 5.79. The van der Waals surface area contributed by atoms with E-state index in [-0.39, 0.29) is 28.1 Å². The highest BCUT2D eigenvalue weighted by atomic mass is 35.5. The van der Waals surface area contributed by atoms with Gasteiger partial charge in [-0.05, 0) is 19.1 Å². The standard InChI is InChI=1S/C14H15ClN4O4S/c1-8-7-23-13-10(24(21,22)18-8)6-19(2)12(13)14(20)17-9-3-4-16-11(15)5-9/h3-6,8,18H,7H2,1-2H3,(H,16,17,20)/t8-/m0/s1. The molecule has 1 atom stereocenters. The Morgan fingerprint density at radius 1 is 1.54 bits per heavy atom. The number of carbonyl (C=O) groups is 1. The highest BCUT2D eigenvalue weighted by Gasteiger charge is 2.33. The van der Waals surface area contributed by atoms with Crippen molar-refractivity contribution in [1.29, 1.82) is 0 Å². The van der Waals surface area contributed by atoms with Crippen LogP contribution in [0.4, 0.5) is 5.69 Å². The van der Waals surface area contributed by atoms with Crippen LogP contribution in [-0.4, -0.2) is 36.5 Å². The molecule has 0 fully saturated rings. The van der Waals surface area contributed by atoms with Crippen molar-refractivity contribution < 1.29 is 17.9 Å². The Bertz CT molecular complexity index is 909. The zero-order valence-corrected chi connectivity index (χ0v) is 14.5. The fourth-order valence-corrected chi connectivity index (χ4v) is 4.01. The Kier molecular flexibility index (Phi) is 4.24. The molecule has 0 bridgehead atoms. The van der Waals surface area contributed by atoms with Crippen molar-refractivity contribution in [2.75, 3.05) is 11.9 Å². The lowest BCUT2D eigenvalue weighted by atomic mass is 10.3. The first-order valence-corrected chi connectivity index (χ1v) is 8.91. The molecule has 0 saturated heterocycles. The topological polar surface area (TPSA) is 102 Å². The molecule has 1 amide bonds. The van der Waals surface area contributed by atoms with E-state index in [4.69, 9.17) is 16.3 Å². The van der Waals surface area contributed by atoms with Gasteiger partial charge in [-0.1, -0.05) is 11.6 Å². The van der Waals surface area contributed by atoms with Gasteiger partial charge in [0.2, 0.25) is 10.0 Å². The SMILES string of the molecule is C[C@H]1COc2c(cn(C)c2C(=O)Nc2ccnc(Cl)c2)S(=O)(=O)N1. The minimum absolute atomic E-state index is 0.0343. The Balaban J connectivity index is 2.00. The smallest absolute Gasteiger partial charge is 0.276 e. The predicted molar refractivity (Wildman–Crippen MR) is 87.9 cm³/mol. The fourth-order valence-electron chi connectivity index (χ4n) is 2.41. The third-order valence-electron chi connectivity index (χ3n) is 3.43. The van der Waals surface area contributed by atoms with Crippen LogP contribution in [0.3, 0.4) is 0 Å². The number of ether oxygens (including phenoxy) is 1. The van der Waals surface area contributed by atoms with Crippen LogP contribution in [0.5, 0.6) is 5.75 Å². The quantitative estimate of drug-likeness (QED) is 0.777. The molecule has 0 unspecified atom stereocenters. The van der Waals surface area contributed by atoms with Gasteiger partial charge in [-0.2, -0.15) is 0 Å². The summed E-state index contributed by atoms with van der Waals surface area (Å²) in [6, 6.07) is 2.66. The van der Waals surface area contributed by atoms with E-state index in [0.717, 1.165) is 0 Å². The maximum absolute atomic E-state index is 12.6. The second-order valence-electron chi connectivity index (χ2n) is 5.44. The minimum Gasteiger partial charge on any atom is -0.488 e. The lowest BCUT2D eigenvalue weighted by molar-refractivity contribution is 0.101. The monoisotopic (exact) mass is 370 g/mol. The molecular formula is C14H15ClN4O4S. The van der Waals surface area contributed by atoms with Gasteiger partial charge in [0.15, 0.2) is 11.4 Å². The average Bonchev–Trinajstić information content (AvgIpc) is 2.77. The molecule has 0 aliphatic carbocycles.